The minimum Gasteiger partial charge on any atom is -0.377 e. The third kappa shape index (κ3) is 5.64. The van der Waals surface area contributed by atoms with E-state index in [9.17, 15) is 4.79 Å². The normalized spacial score (nSPS) is 18.9. The van der Waals surface area contributed by atoms with E-state index in [-0.39, 0.29) is 17.7 Å². The van der Waals surface area contributed by atoms with Gasteiger partial charge in [0.1, 0.15) is 6.04 Å². The van der Waals surface area contributed by atoms with Crippen molar-refractivity contribution in [1.82, 2.24) is 30.1 Å². The van der Waals surface area contributed by atoms with Gasteiger partial charge in [-0.1, -0.05) is 49.6 Å². The Morgan fingerprint density at radius 2 is 1.87 bits per heavy atom. The number of rotatable bonds is 9. The van der Waals surface area contributed by atoms with Crippen LogP contribution in [-0.4, -0.2) is 49.3 Å². The summed E-state index contributed by atoms with van der Waals surface area (Å²) in [5.74, 6) is 0.713. The average molecular weight is 547 g/mol. The summed E-state index contributed by atoms with van der Waals surface area (Å²) < 4.78 is 8.08. The molecule has 2 aromatic carbocycles. The largest absolute Gasteiger partial charge is 0.377 e. The number of hydrogen-bond donors (Lipinski definition) is 1. The van der Waals surface area contributed by atoms with Crippen LogP contribution in [0.4, 0.5) is 0 Å². The molecule has 1 aliphatic heterocycles. The van der Waals surface area contributed by atoms with Crippen molar-refractivity contribution in [2.24, 2.45) is 0 Å². The van der Waals surface area contributed by atoms with Gasteiger partial charge in [-0.3, -0.25) is 9.69 Å². The molecule has 0 radical (unpaired) electrons. The Bertz CT molecular complexity index is 1470. The number of fused-ring (bicyclic) bond motifs is 1. The molecule has 0 bridgehead atoms. The molecule has 6 rings (SSSR count). The quantitative estimate of drug-likeness (QED) is 0.293. The van der Waals surface area contributed by atoms with Gasteiger partial charge in [-0.05, 0) is 89.4 Å². The Kier molecular flexibility index (Phi) is 7.77. The van der Waals surface area contributed by atoms with Crippen LogP contribution in [0.1, 0.15) is 80.0 Å². The zero-order chi connectivity index (χ0) is 26.8. The van der Waals surface area contributed by atoms with E-state index in [1.54, 1.807) is 0 Å². The first-order valence-corrected chi connectivity index (χ1v) is 14.5. The summed E-state index contributed by atoms with van der Waals surface area (Å²) in [6, 6.07) is 16.0. The summed E-state index contributed by atoms with van der Waals surface area (Å²) >= 11 is 6.21. The van der Waals surface area contributed by atoms with E-state index in [4.69, 9.17) is 16.3 Å². The second kappa shape index (κ2) is 11.6. The van der Waals surface area contributed by atoms with Crippen LogP contribution < -0.4 is 5.56 Å². The lowest BCUT2D eigenvalue weighted by molar-refractivity contribution is 0.0569. The SMILES string of the molecule is CCc1ccc2[nH]c(=O)c(C(c3nnnn3C3CCCC3)N(Cc3ccc(Cl)cc3)CC3CCCO3)cc2c1. The molecule has 3 heterocycles. The monoisotopic (exact) mass is 546 g/mol. The summed E-state index contributed by atoms with van der Waals surface area (Å²) in [5.41, 5.74) is 3.69. The maximum absolute atomic E-state index is 13.8. The number of aryl methyl sites for hydroxylation is 1. The summed E-state index contributed by atoms with van der Waals surface area (Å²) in [5, 5.41) is 14.9. The second-order valence-electron chi connectivity index (χ2n) is 10.8. The molecule has 1 N–H and O–H groups in total. The number of aromatic nitrogens is 5. The minimum absolute atomic E-state index is 0.0850. The highest BCUT2D eigenvalue weighted by atomic mass is 35.5. The van der Waals surface area contributed by atoms with Crippen LogP contribution in [0.25, 0.3) is 10.9 Å². The number of ether oxygens (including phenoxy) is 1. The molecular formula is C30H35ClN6O2. The molecule has 8 nitrogen and oxygen atoms in total. The number of halogens is 1. The van der Waals surface area contributed by atoms with Crippen molar-refractivity contribution in [3.63, 3.8) is 0 Å². The van der Waals surface area contributed by atoms with Crippen LogP contribution in [0.15, 0.2) is 53.3 Å². The molecule has 1 aliphatic carbocycles. The standard InChI is InChI=1S/C30H35ClN6O2/c1-2-20-11-14-27-22(16-20)17-26(30(38)32-27)28(29-33-34-35-37(29)24-6-3-4-7-24)36(19-25-8-5-15-39-25)18-21-9-12-23(31)13-10-21/h9-14,16-17,24-25,28H,2-8,15,18-19H2,1H3,(H,32,38). The molecule has 4 aromatic rings. The Labute approximate surface area is 233 Å². The topological polar surface area (TPSA) is 88.9 Å². The molecule has 9 heteroatoms. The molecule has 2 fully saturated rings. The van der Waals surface area contributed by atoms with E-state index in [2.05, 4.69) is 44.5 Å². The number of nitrogens with one attached hydrogen (secondary N) is 1. The number of tetrazole rings is 1. The Morgan fingerprint density at radius 3 is 2.62 bits per heavy atom. The molecule has 39 heavy (non-hydrogen) atoms. The van der Waals surface area contributed by atoms with Gasteiger partial charge in [0, 0.05) is 35.8 Å². The van der Waals surface area contributed by atoms with Gasteiger partial charge in [0.25, 0.3) is 5.56 Å². The van der Waals surface area contributed by atoms with E-state index in [1.807, 2.05) is 41.1 Å². The minimum atomic E-state index is -0.445. The van der Waals surface area contributed by atoms with Gasteiger partial charge in [0.05, 0.1) is 12.1 Å². The van der Waals surface area contributed by atoms with Crippen molar-refractivity contribution in [1.29, 1.82) is 0 Å². The molecule has 2 atom stereocenters. The third-order valence-electron chi connectivity index (χ3n) is 8.20. The van der Waals surface area contributed by atoms with Gasteiger partial charge in [-0.25, -0.2) is 4.68 Å². The van der Waals surface area contributed by atoms with Crippen molar-refractivity contribution in [3.8, 4) is 0 Å². The summed E-state index contributed by atoms with van der Waals surface area (Å²) in [7, 11) is 0. The van der Waals surface area contributed by atoms with Gasteiger partial charge >= 0.3 is 0 Å². The lowest BCUT2D eigenvalue weighted by Crippen LogP contribution is -2.39. The number of nitrogens with zero attached hydrogens (tertiary/aromatic N) is 5. The molecular weight excluding hydrogens is 512 g/mol. The van der Waals surface area contributed by atoms with Crippen LogP contribution >= 0.6 is 11.6 Å². The van der Waals surface area contributed by atoms with Crippen LogP contribution in [0.5, 0.6) is 0 Å². The van der Waals surface area contributed by atoms with Crippen molar-refractivity contribution in [3.05, 3.63) is 86.4 Å². The molecule has 0 spiro atoms. The molecule has 2 aromatic heterocycles. The number of aromatic amines is 1. The van der Waals surface area contributed by atoms with Crippen molar-refractivity contribution in [2.45, 2.75) is 76.6 Å². The Balaban J connectivity index is 1.50. The first-order chi connectivity index (χ1) is 19.1. The zero-order valence-electron chi connectivity index (χ0n) is 22.4. The molecule has 2 unspecified atom stereocenters. The van der Waals surface area contributed by atoms with Crippen molar-refractivity contribution in [2.75, 3.05) is 13.2 Å². The summed E-state index contributed by atoms with van der Waals surface area (Å²) in [6.07, 6.45) is 7.46. The average Bonchev–Trinajstić information content (AvgIpc) is 3.73. The summed E-state index contributed by atoms with van der Waals surface area (Å²) in [4.78, 5) is 19.3. The molecule has 1 saturated heterocycles. The summed E-state index contributed by atoms with van der Waals surface area (Å²) in [6.45, 7) is 4.17. The van der Waals surface area contributed by atoms with Crippen LogP contribution in [-0.2, 0) is 17.7 Å². The van der Waals surface area contributed by atoms with E-state index >= 15 is 0 Å². The van der Waals surface area contributed by atoms with Crippen LogP contribution in [0, 0.1) is 0 Å². The van der Waals surface area contributed by atoms with Gasteiger partial charge < -0.3 is 9.72 Å². The first-order valence-electron chi connectivity index (χ1n) is 14.1. The smallest absolute Gasteiger partial charge is 0.253 e. The predicted molar refractivity (Wildman–Crippen MR) is 152 cm³/mol. The first kappa shape index (κ1) is 26.2. The molecule has 2 aliphatic rings. The fourth-order valence-electron chi connectivity index (χ4n) is 6.12. The van der Waals surface area contributed by atoms with Gasteiger partial charge in [-0.15, -0.1) is 5.10 Å². The molecule has 0 amide bonds. The predicted octanol–water partition coefficient (Wildman–Crippen LogP) is 5.62. The maximum atomic E-state index is 13.8. The Hall–Kier alpha value is -3.07. The molecule has 1 saturated carbocycles. The Morgan fingerprint density at radius 1 is 1.08 bits per heavy atom. The van der Waals surface area contributed by atoms with E-state index in [0.717, 1.165) is 68.0 Å². The van der Waals surface area contributed by atoms with Crippen molar-refractivity contribution < 1.29 is 4.74 Å². The fourth-order valence-corrected chi connectivity index (χ4v) is 6.25. The number of benzene rings is 2. The molecule has 204 valence electrons. The number of H-pyrrole nitrogens is 1. The van der Waals surface area contributed by atoms with Crippen LogP contribution in [0.2, 0.25) is 5.02 Å². The lowest BCUT2D eigenvalue weighted by atomic mass is 10.00. The van der Waals surface area contributed by atoms with E-state index in [1.165, 1.54) is 5.56 Å². The highest BCUT2D eigenvalue weighted by molar-refractivity contribution is 6.30. The third-order valence-corrected chi connectivity index (χ3v) is 8.45. The second-order valence-corrected chi connectivity index (χ2v) is 11.3. The number of pyridine rings is 1. The van der Waals surface area contributed by atoms with Gasteiger partial charge in [0.15, 0.2) is 5.82 Å². The van der Waals surface area contributed by atoms with E-state index < -0.39 is 6.04 Å². The zero-order valence-corrected chi connectivity index (χ0v) is 23.1. The van der Waals surface area contributed by atoms with Gasteiger partial charge in [-0.2, -0.15) is 0 Å². The van der Waals surface area contributed by atoms with E-state index in [0.29, 0.717) is 29.5 Å². The van der Waals surface area contributed by atoms with Crippen molar-refractivity contribution >= 4 is 22.5 Å². The van der Waals surface area contributed by atoms with Gasteiger partial charge in [0.2, 0.25) is 0 Å². The highest BCUT2D eigenvalue weighted by Gasteiger charge is 2.35. The lowest BCUT2D eigenvalue weighted by Gasteiger charge is -2.33. The highest BCUT2D eigenvalue weighted by Crippen LogP contribution is 2.35. The fraction of sp³-hybridized carbons (Fsp3) is 0.467. The van der Waals surface area contributed by atoms with Crippen LogP contribution in [0.3, 0.4) is 0 Å². The maximum Gasteiger partial charge on any atom is 0.253 e. The number of hydrogen-bond acceptors (Lipinski definition) is 6.